The fraction of sp³-hybridized carbons (Fsp3) is 0.162. The summed E-state index contributed by atoms with van der Waals surface area (Å²) in [6, 6.07) is 36.4. The van der Waals surface area contributed by atoms with Crippen LogP contribution in [0.15, 0.2) is 126 Å². The molecule has 0 spiro atoms. The number of rotatable bonds is 3. The number of allylic oxidation sites excluding steroid dienone is 1. The molecule has 0 aliphatic carbocycles. The molecule has 0 fully saturated rings. The zero-order chi connectivity index (χ0) is 27.9. The molecule has 2 aliphatic rings. The van der Waals surface area contributed by atoms with Crippen molar-refractivity contribution >= 4 is 44.8 Å². The molecule has 2 unspecified atom stereocenters. The first-order valence-corrected chi connectivity index (χ1v) is 14.2. The summed E-state index contributed by atoms with van der Waals surface area (Å²) in [4.78, 5) is 9.97. The van der Waals surface area contributed by atoms with E-state index >= 15 is 0 Å². The smallest absolute Gasteiger partial charge is 0.158 e. The fourth-order valence-electron chi connectivity index (χ4n) is 7.29. The molecule has 200 valence electrons. The Morgan fingerprint density at radius 2 is 1.46 bits per heavy atom. The Kier molecular flexibility index (Phi) is 4.88. The maximum Gasteiger partial charge on any atom is 0.158 e. The SMILES string of the molecule is C=CC1(C)c2ccccc2N2c3ncccc3N(c3ccc4oc5ccccc5c4c3-c3ccccc3)C2C1(C)C. The second-order valence-electron chi connectivity index (χ2n) is 11.9. The minimum atomic E-state index is -0.287. The third-order valence-corrected chi connectivity index (χ3v) is 9.70. The molecule has 2 aromatic heterocycles. The molecular weight excluding hydrogens is 502 g/mol. The first kappa shape index (κ1) is 24.0. The third-order valence-electron chi connectivity index (χ3n) is 9.70. The highest BCUT2D eigenvalue weighted by Crippen LogP contribution is 2.63. The summed E-state index contributed by atoms with van der Waals surface area (Å²) < 4.78 is 6.39. The number of benzene rings is 4. The van der Waals surface area contributed by atoms with E-state index in [1.807, 2.05) is 18.3 Å². The number of nitrogens with zero attached hydrogens (tertiary/aromatic N) is 3. The van der Waals surface area contributed by atoms with Gasteiger partial charge in [0.05, 0.1) is 11.4 Å². The van der Waals surface area contributed by atoms with E-state index in [1.54, 1.807) is 0 Å². The Hall–Kier alpha value is -4.83. The van der Waals surface area contributed by atoms with Crippen molar-refractivity contribution in [2.75, 3.05) is 9.80 Å². The van der Waals surface area contributed by atoms with Gasteiger partial charge in [-0.3, -0.25) is 0 Å². The second-order valence-corrected chi connectivity index (χ2v) is 11.9. The molecule has 0 saturated heterocycles. The number of anilines is 4. The molecule has 2 aliphatic heterocycles. The average molecular weight is 534 g/mol. The number of para-hydroxylation sites is 2. The molecule has 41 heavy (non-hydrogen) atoms. The van der Waals surface area contributed by atoms with E-state index < -0.39 is 0 Å². The van der Waals surface area contributed by atoms with E-state index in [0.717, 1.165) is 44.7 Å². The number of furan rings is 1. The standard InChI is InChI=1S/C37H31N3O/c1-5-37(4)26-17-10-11-18-27(26)40-34-29(19-13-23-38-34)39(35(40)36(37,2)3)28-21-22-31-33(25-16-9-12-20-30(25)41-31)32(28)24-14-7-6-8-15-24/h5-23,35H,1H2,2-4H3. The zero-order valence-corrected chi connectivity index (χ0v) is 23.5. The zero-order valence-electron chi connectivity index (χ0n) is 23.5. The topological polar surface area (TPSA) is 32.5 Å². The Morgan fingerprint density at radius 1 is 0.732 bits per heavy atom. The maximum absolute atomic E-state index is 6.39. The van der Waals surface area contributed by atoms with Gasteiger partial charge in [-0.25, -0.2) is 4.98 Å². The molecule has 4 nitrogen and oxygen atoms in total. The normalized spacial score (nSPS) is 20.6. The van der Waals surface area contributed by atoms with E-state index in [4.69, 9.17) is 9.40 Å². The Balaban J connectivity index is 1.50. The average Bonchev–Trinajstić information content (AvgIpc) is 3.57. The fourth-order valence-corrected chi connectivity index (χ4v) is 7.29. The number of hydrogen-bond acceptors (Lipinski definition) is 4. The van der Waals surface area contributed by atoms with Crippen molar-refractivity contribution in [2.45, 2.75) is 32.4 Å². The van der Waals surface area contributed by atoms with Crippen molar-refractivity contribution in [3.63, 3.8) is 0 Å². The molecule has 0 N–H and O–H groups in total. The van der Waals surface area contributed by atoms with E-state index in [0.29, 0.717) is 0 Å². The van der Waals surface area contributed by atoms with Gasteiger partial charge in [0.15, 0.2) is 5.82 Å². The number of hydrogen-bond donors (Lipinski definition) is 0. The van der Waals surface area contributed by atoms with E-state index in [-0.39, 0.29) is 17.0 Å². The lowest BCUT2D eigenvalue weighted by atomic mass is 9.58. The Bertz CT molecular complexity index is 1990. The summed E-state index contributed by atoms with van der Waals surface area (Å²) in [6.07, 6.45) is 3.99. The van der Waals surface area contributed by atoms with Crippen LogP contribution in [0, 0.1) is 5.41 Å². The summed E-state index contributed by atoms with van der Waals surface area (Å²) in [5.41, 5.74) is 8.24. The summed E-state index contributed by atoms with van der Waals surface area (Å²) in [7, 11) is 0. The molecule has 4 heterocycles. The number of fused-ring (bicyclic) bond motifs is 8. The molecular formula is C37H31N3O. The van der Waals surface area contributed by atoms with Crippen LogP contribution in [0.25, 0.3) is 33.1 Å². The van der Waals surface area contributed by atoms with E-state index in [2.05, 4.69) is 134 Å². The predicted octanol–water partition coefficient (Wildman–Crippen LogP) is 9.75. The van der Waals surface area contributed by atoms with Gasteiger partial charge in [0.1, 0.15) is 17.3 Å². The van der Waals surface area contributed by atoms with Crippen LogP contribution >= 0.6 is 0 Å². The first-order chi connectivity index (χ1) is 20.0. The molecule has 2 atom stereocenters. The molecule has 4 aromatic carbocycles. The van der Waals surface area contributed by atoms with Crippen molar-refractivity contribution in [1.29, 1.82) is 0 Å². The van der Waals surface area contributed by atoms with Crippen LogP contribution in [0.5, 0.6) is 0 Å². The van der Waals surface area contributed by atoms with Gasteiger partial charge in [0, 0.05) is 39.1 Å². The molecule has 0 amide bonds. The van der Waals surface area contributed by atoms with Gasteiger partial charge in [-0.1, -0.05) is 93.6 Å². The van der Waals surface area contributed by atoms with Crippen molar-refractivity contribution in [2.24, 2.45) is 5.41 Å². The van der Waals surface area contributed by atoms with Gasteiger partial charge >= 0.3 is 0 Å². The first-order valence-electron chi connectivity index (χ1n) is 14.2. The summed E-state index contributed by atoms with van der Waals surface area (Å²) >= 11 is 0. The van der Waals surface area contributed by atoms with Crippen molar-refractivity contribution < 1.29 is 4.42 Å². The quantitative estimate of drug-likeness (QED) is 0.212. The van der Waals surface area contributed by atoms with Gasteiger partial charge in [0.25, 0.3) is 0 Å². The molecule has 0 bridgehead atoms. The van der Waals surface area contributed by atoms with Gasteiger partial charge < -0.3 is 14.2 Å². The minimum Gasteiger partial charge on any atom is -0.456 e. The predicted molar refractivity (Wildman–Crippen MR) is 169 cm³/mol. The maximum atomic E-state index is 6.39. The van der Waals surface area contributed by atoms with Crippen LogP contribution < -0.4 is 9.80 Å². The van der Waals surface area contributed by atoms with E-state index in [9.17, 15) is 0 Å². The summed E-state index contributed by atoms with van der Waals surface area (Å²) in [6.45, 7) is 11.4. The van der Waals surface area contributed by atoms with Crippen LogP contribution in [-0.4, -0.2) is 11.1 Å². The highest BCUT2D eigenvalue weighted by Gasteiger charge is 2.59. The summed E-state index contributed by atoms with van der Waals surface area (Å²) in [5, 5.41) is 2.25. The van der Waals surface area contributed by atoms with Crippen LogP contribution in [0.4, 0.5) is 22.9 Å². The molecule has 8 rings (SSSR count). The van der Waals surface area contributed by atoms with Gasteiger partial charge in [-0.15, -0.1) is 6.58 Å². The Morgan fingerprint density at radius 3 is 2.29 bits per heavy atom. The van der Waals surface area contributed by atoms with Crippen molar-refractivity contribution in [3.05, 3.63) is 128 Å². The molecule has 0 saturated carbocycles. The van der Waals surface area contributed by atoms with Crippen molar-refractivity contribution in [1.82, 2.24) is 4.98 Å². The van der Waals surface area contributed by atoms with Crippen LogP contribution in [0.3, 0.4) is 0 Å². The third kappa shape index (κ3) is 3.02. The lowest BCUT2D eigenvalue weighted by Gasteiger charge is -2.56. The van der Waals surface area contributed by atoms with Crippen LogP contribution in [0.2, 0.25) is 0 Å². The molecule has 0 radical (unpaired) electrons. The summed E-state index contributed by atoms with van der Waals surface area (Å²) in [5.74, 6) is 0.972. The van der Waals surface area contributed by atoms with E-state index in [1.165, 1.54) is 16.8 Å². The highest BCUT2D eigenvalue weighted by molar-refractivity contribution is 6.16. The monoisotopic (exact) mass is 533 g/mol. The lowest BCUT2D eigenvalue weighted by molar-refractivity contribution is 0.171. The van der Waals surface area contributed by atoms with Crippen molar-refractivity contribution in [3.8, 4) is 11.1 Å². The molecule has 4 heteroatoms. The highest BCUT2D eigenvalue weighted by atomic mass is 16.3. The Labute approximate surface area is 240 Å². The number of pyridine rings is 1. The van der Waals surface area contributed by atoms with Crippen LogP contribution in [0.1, 0.15) is 26.3 Å². The van der Waals surface area contributed by atoms with Gasteiger partial charge in [-0.2, -0.15) is 0 Å². The minimum absolute atomic E-state index is 0.0524. The lowest BCUT2D eigenvalue weighted by Crippen LogP contribution is -2.60. The largest absolute Gasteiger partial charge is 0.456 e. The second kappa shape index (κ2) is 8.34. The van der Waals surface area contributed by atoms with Crippen LogP contribution in [-0.2, 0) is 5.41 Å². The van der Waals surface area contributed by atoms with Gasteiger partial charge in [-0.05, 0) is 47.5 Å². The molecule has 6 aromatic rings. The van der Waals surface area contributed by atoms with Gasteiger partial charge in [0.2, 0.25) is 0 Å². The number of aromatic nitrogens is 1.